The summed E-state index contributed by atoms with van der Waals surface area (Å²) in [5.41, 5.74) is 3.68. The van der Waals surface area contributed by atoms with E-state index in [9.17, 15) is 9.59 Å². The Balaban J connectivity index is 0.000000244. The fourth-order valence-corrected chi connectivity index (χ4v) is 3.44. The Labute approximate surface area is 163 Å². The average Bonchev–Trinajstić information content (AvgIpc) is 3.15. The van der Waals surface area contributed by atoms with Gasteiger partial charge in [-0.05, 0) is 30.3 Å². The number of allylic oxidation sites excluding steroid dienone is 2. The molecule has 6 heteroatoms. The second kappa shape index (κ2) is 11.0. The smallest absolute Gasteiger partial charge is 0.341 e. The lowest BCUT2D eigenvalue weighted by molar-refractivity contribution is -0.107. The molecule has 0 atom stereocenters. The Hall–Kier alpha value is -2.86. The molecule has 0 saturated heterocycles. The van der Waals surface area contributed by atoms with Crippen LogP contribution in [0.25, 0.3) is 5.57 Å². The summed E-state index contributed by atoms with van der Waals surface area (Å²) in [6.45, 7) is 2.97. The van der Waals surface area contributed by atoms with Crippen LogP contribution in [0.3, 0.4) is 0 Å². The molecule has 1 aliphatic heterocycles. The third kappa shape index (κ3) is 5.82. The molecule has 2 N–H and O–H groups in total. The molecule has 2 aromatic rings. The molecule has 1 aromatic heterocycles. The standard InChI is InChI=1S/C13H16N2O2S.C8H8O/c1-3-17-13(16)11-10(8-18-12(11)14-2)9-4-6-15-7-5-9;9-7-6-8-4-2-1-3-5-8/h4-6,8,14-15H,3,7H2,1-2H3;1-5,7H,6H2. The van der Waals surface area contributed by atoms with Gasteiger partial charge in [0.2, 0.25) is 0 Å². The number of aldehydes is 1. The summed E-state index contributed by atoms with van der Waals surface area (Å²) in [6, 6.07) is 9.68. The summed E-state index contributed by atoms with van der Waals surface area (Å²) in [7, 11) is 1.81. The molecule has 0 unspecified atom stereocenters. The number of rotatable bonds is 6. The first-order valence-electron chi connectivity index (χ1n) is 8.75. The molecule has 27 heavy (non-hydrogen) atoms. The van der Waals surface area contributed by atoms with E-state index in [1.807, 2.05) is 62.0 Å². The molecule has 0 aliphatic carbocycles. The number of ether oxygens (including phenoxy) is 1. The first kappa shape index (κ1) is 20.5. The van der Waals surface area contributed by atoms with Crippen molar-refractivity contribution in [1.82, 2.24) is 5.32 Å². The van der Waals surface area contributed by atoms with Gasteiger partial charge in [-0.25, -0.2) is 4.79 Å². The van der Waals surface area contributed by atoms with Crippen LogP contribution < -0.4 is 10.6 Å². The Bertz CT molecular complexity index is 810. The molecule has 0 bridgehead atoms. The lowest BCUT2D eigenvalue weighted by atomic mass is 10.0. The van der Waals surface area contributed by atoms with Crippen molar-refractivity contribution in [1.29, 1.82) is 0 Å². The van der Waals surface area contributed by atoms with Crippen molar-refractivity contribution >= 4 is 34.2 Å². The third-order valence-electron chi connectivity index (χ3n) is 3.79. The Morgan fingerprint density at radius 2 is 2.11 bits per heavy atom. The van der Waals surface area contributed by atoms with Crippen molar-refractivity contribution in [2.75, 3.05) is 25.5 Å². The Morgan fingerprint density at radius 3 is 2.70 bits per heavy atom. The second-order valence-electron chi connectivity index (χ2n) is 5.58. The summed E-state index contributed by atoms with van der Waals surface area (Å²) in [4.78, 5) is 22.0. The Kier molecular flexibility index (Phi) is 8.32. The molecule has 0 spiro atoms. The number of hydrogen-bond acceptors (Lipinski definition) is 6. The lowest BCUT2D eigenvalue weighted by Gasteiger charge is -2.10. The molecule has 1 aliphatic rings. The van der Waals surface area contributed by atoms with E-state index >= 15 is 0 Å². The van der Waals surface area contributed by atoms with E-state index in [0.717, 1.165) is 34.5 Å². The zero-order valence-electron chi connectivity index (χ0n) is 15.5. The topological polar surface area (TPSA) is 67.4 Å². The highest BCUT2D eigenvalue weighted by atomic mass is 32.1. The van der Waals surface area contributed by atoms with Gasteiger partial charge in [-0.2, -0.15) is 0 Å². The average molecular weight is 385 g/mol. The van der Waals surface area contributed by atoms with Gasteiger partial charge < -0.3 is 20.2 Å². The predicted octanol–water partition coefficient (Wildman–Crippen LogP) is 3.89. The third-order valence-corrected chi connectivity index (χ3v) is 4.79. The molecule has 3 rings (SSSR count). The highest BCUT2D eigenvalue weighted by Crippen LogP contribution is 2.34. The quantitative estimate of drug-likeness (QED) is 0.584. The van der Waals surface area contributed by atoms with E-state index in [4.69, 9.17) is 4.74 Å². The summed E-state index contributed by atoms with van der Waals surface area (Å²) in [6.07, 6.45) is 7.36. The van der Waals surface area contributed by atoms with Gasteiger partial charge in [0.25, 0.3) is 0 Å². The molecule has 142 valence electrons. The molecule has 0 saturated carbocycles. The molecule has 0 amide bonds. The number of benzene rings is 1. The zero-order chi connectivity index (χ0) is 19.5. The molecule has 0 fully saturated rings. The van der Waals surface area contributed by atoms with E-state index in [-0.39, 0.29) is 5.97 Å². The van der Waals surface area contributed by atoms with Crippen molar-refractivity contribution in [3.05, 3.63) is 70.8 Å². The van der Waals surface area contributed by atoms with Crippen LogP contribution in [0.4, 0.5) is 5.00 Å². The van der Waals surface area contributed by atoms with Crippen molar-refractivity contribution in [3.8, 4) is 0 Å². The highest BCUT2D eigenvalue weighted by Gasteiger charge is 2.21. The Morgan fingerprint density at radius 1 is 1.33 bits per heavy atom. The zero-order valence-corrected chi connectivity index (χ0v) is 16.3. The first-order chi connectivity index (χ1) is 13.2. The minimum absolute atomic E-state index is 0.272. The van der Waals surface area contributed by atoms with Crippen LogP contribution in [-0.2, 0) is 16.0 Å². The molecule has 1 aromatic carbocycles. The fourth-order valence-electron chi connectivity index (χ4n) is 2.52. The van der Waals surface area contributed by atoms with Crippen LogP contribution in [0, 0.1) is 0 Å². The number of hydrogen-bond donors (Lipinski definition) is 2. The maximum absolute atomic E-state index is 12.0. The molecular formula is C21H24N2O3S. The SMILES string of the molecule is CCOC(=O)c1c(C2=CCNC=C2)csc1NC.O=CCc1ccccc1. The molecular weight excluding hydrogens is 360 g/mol. The molecule has 2 heterocycles. The maximum atomic E-state index is 12.0. The predicted molar refractivity (Wildman–Crippen MR) is 111 cm³/mol. The van der Waals surface area contributed by atoms with Crippen molar-refractivity contribution < 1.29 is 14.3 Å². The van der Waals surface area contributed by atoms with Crippen LogP contribution in [0.5, 0.6) is 0 Å². The maximum Gasteiger partial charge on any atom is 0.341 e. The van der Waals surface area contributed by atoms with Crippen LogP contribution in [0.15, 0.2) is 54.1 Å². The van der Waals surface area contributed by atoms with Gasteiger partial charge in [-0.1, -0.05) is 36.4 Å². The molecule has 0 radical (unpaired) electrons. The van der Waals surface area contributed by atoms with E-state index in [1.54, 1.807) is 0 Å². The highest BCUT2D eigenvalue weighted by molar-refractivity contribution is 7.14. The monoisotopic (exact) mass is 384 g/mol. The van der Waals surface area contributed by atoms with Crippen LogP contribution in [0.2, 0.25) is 0 Å². The number of nitrogens with one attached hydrogen (secondary N) is 2. The van der Waals surface area contributed by atoms with Gasteiger partial charge in [-0.3, -0.25) is 0 Å². The molecule has 5 nitrogen and oxygen atoms in total. The van der Waals surface area contributed by atoms with Crippen molar-refractivity contribution in [3.63, 3.8) is 0 Å². The van der Waals surface area contributed by atoms with Gasteiger partial charge in [0.1, 0.15) is 16.9 Å². The second-order valence-corrected chi connectivity index (χ2v) is 6.46. The largest absolute Gasteiger partial charge is 0.462 e. The van der Waals surface area contributed by atoms with E-state index < -0.39 is 0 Å². The first-order valence-corrected chi connectivity index (χ1v) is 9.63. The van der Waals surface area contributed by atoms with Crippen LogP contribution >= 0.6 is 11.3 Å². The van der Waals surface area contributed by atoms with Crippen molar-refractivity contribution in [2.24, 2.45) is 0 Å². The number of carbonyl (C=O) groups is 2. The van der Waals surface area contributed by atoms with Gasteiger partial charge in [-0.15, -0.1) is 11.3 Å². The summed E-state index contributed by atoms with van der Waals surface area (Å²) in [5, 5.41) is 8.97. The van der Waals surface area contributed by atoms with Gasteiger partial charge in [0.15, 0.2) is 0 Å². The van der Waals surface area contributed by atoms with Crippen LogP contribution in [0.1, 0.15) is 28.4 Å². The minimum atomic E-state index is -0.272. The van der Waals surface area contributed by atoms with Crippen molar-refractivity contribution in [2.45, 2.75) is 13.3 Å². The normalized spacial score (nSPS) is 12.1. The van der Waals surface area contributed by atoms with E-state index in [0.29, 0.717) is 18.6 Å². The van der Waals surface area contributed by atoms with Gasteiger partial charge in [0, 0.05) is 31.0 Å². The summed E-state index contributed by atoms with van der Waals surface area (Å²) in [5.74, 6) is -0.272. The summed E-state index contributed by atoms with van der Waals surface area (Å²) >= 11 is 1.52. The number of carbonyl (C=O) groups excluding carboxylic acids is 2. The number of esters is 1. The number of dihydropyridines is 1. The number of thiophene rings is 1. The van der Waals surface area contributed by atoms with E-state index in [1.165, 1.54) is 11.3 Å². The van der Waals surface area contributed by atoms with E-state index in [2.05, 4.69) is 16.7 Å². The number of anilines is 1. The fraction of sp³-hybridized carbons (Fsp3) is 0.238. The van der Waals surface area contributed by atoms with Gasteiger partial charge >= 0.3 is 5.97 Å². The lowest BCUT2D eigenvalue weighted by Crippen LogP contribution is -2.11. The van der Waals surface area contributed by atoms with Gasteiger partial charge in [0.05, 0.1) is 6.61 Å². The summed E-state index contributed by atoms with van der Waals surface area (Å²) < 4.78 is 5.12. The minimum Gasteiger partial charge on any atom is -0.462 e. The van der Waals surface area contributed by atoms with Crippen LogP contribution in [-0.4, -0.2) is 32.5 Å².